The molecule has 2 aromatic rings. The molecule has 2 aromatic heterocycles. The van der Waals surface area contributed by atoms with E-state index in [0.717, 1.165) is 19.4 Å². The largest absolute Gasteiger partial charge is 0.453 e. The summed E-state index contributed by atoms with van der Waals surface area (Å²) < 4.78 is 44.2. The molecule has 3 rings (SSSR count). The van der Waals surface area contributed by atoms with Gasteiger partial charge in [-0.3, -0.25) is 0 Å². The van der Waals surface area contributed by atoms with Crippen LogP contribution in [0.3, 0.4) is 0 Å². The summed E-state index contributed by atoms with van der Waals surface area (Å²) in [6, 6.07) is 3.01. The van der Waals surface area contributed by atoms with E-state index in [-0.39, 0.29) is 11.8 Å². The molecule has 3 heterocycles. The maximum atomic E-state index is 12.7. The average Bonchev–Trinajstić information content (AvgIpc) is 3.04. The van der Waals surface area contributed by atoms with E-state index < -0.39 is 12.0 Å². The van der Waals surface area contributed by atoms with Gasteiger partial charge in [0, 0.05) is 13.2 Å². The molecule has 1 N–H and O–H groups in total. The zero-order valence-corrected chi connectivity index (χ0v) is 10.4. The Morgan fingerprint density at radius 1 is 1.35 bits per heavy atom. The first kappa shape index (κ1) is 13.1. The lowest BCUT2D eigenvalue weighted by atomic mass is 10.2. The van der Waals surface area contributed by atoms with Gasteiger partial charge in [0.25, 0.3) is 5.82 Å². The second-order valence-electron chi connectivity index (χ2n) is 4.53. The summed E-state index contributed by atoms with van der Waals surface area (Å²) in [5, 5.41) is 13.4. The molecule has 0 aliphatic carbocycles. The fourth-order valence-corrected chi connectivity index (χ4v) is 2.08. The van der Waals surface area contributed by atoms with Crippen LogP contribution in [0.5, 0.6) is 0 Å². The third-order valence-electron chi connectivity index (χ3n) is 3.05. The highest BCUT2D eigenvalue weighted by atomic mass is 19.4. The van der Waals surface area contributed by atoms with E-state index in [1.165, 1.54) is 6.07 Å². The van der Waals surface area contributed by atoms with Crippen LogP contribution in [0.25, 0.3) is 5.65 Å². The third kappa shape index (κ3) is 2.53. The summed E-state index contributed by atoms with van der Waals surface area (Å²) in [6.07, 6.45) is -2.56. The van der Waals surface area contributed by atoms with Crippen LogP contribution in [0.2, 0.25) is 0 Å². The molecule has 0 amide bonds. The van der Waals surface area contributed by atoms with E-state index in [1.807, 2.05) is 0 Å². The number of fused-ring (bicyclic) bond motifs is 1. The second-order valence-corrected chi connectivity index (χ2v) is 4.53. The highest BCUT2D eigenvalue weighted by Gasteiger charge is 2.37. The summed E-state index contributed by atoms with van der Waals surface area (Å²) in [5.74, 6) is -0.799. The molecule has 6 nitrogen and oxygen atoms in total. The Balaban J connectivity index is 1.81. The molecular weight excluding hydrogens is 275 g/mol. The number of rotatable bonds is 3. The zero-order chi connectivity index (χ0) is 14.2. The van der Waals surface area contributed by atoms with Crippen molar-refractivity contribution in [1.29, 1.82) is 0 Å². The van der Waals surface area contributed by atoms with E-state index in [9.17, 15) is 13.2 Å². The molecule has 9 heteroatoms. The van der Waals surface area contributed by atoms with E-state index in [0.29, 0.717) is 16.9 Å². The van der Waals surface area contributed by atoms with Crippen molar-refractivity contribution >= 4 is 11.5 Å². The molecule has 0 radical (unpaired) electrons. The predicted molar refractivity (Wildman–Crippen MR) is 63.2 cm³/mol. The van der Waals surface area contributed by atoms with Crippen molar-refractivity contribution < 1.29 is 17.9 Å². The minimum absolute atomic E-state index is 0.0555. The first-order chi connectivity index (χ1) is 9.54. The van der Waals surface area contributed by atoms with Crippen molar-refractivity contribution in [3.05, 3.63) is 18.0 Å². The fraction of sp³-hybridized carbons (Fsp3) is 0.545. The van der Waals surface area contributed by atoms with Crippen LogP contribution in [0, 0.1) is 0 Å². The zero-order valence-electron chi connectivity index (χ0n) is 10.4. The van der Waals surface area contributed by atoms with E-state index in [4.69, 9.17) is 4.74 Å². The van der Waals surface area contributed by atoms with Gasteiger partial charge < -0.3 is 10.1 Å². The molecule has 20 heavy (non-hydrogen) atoms. The molecular formula is C11H12F3N5O. The fourth-order valence-electron chi connectivity index (χ4n) is 2.08. The number of alkyl halides is 3. The number of hydrogen-bond donors (Lipinski definition) is 1. The minimum Gasteiger partial charge on any atom is -0.376 e. The van der Waals surface area contributed by atoms with Gasteiger partial charge in [-0.2, -0.15) is 17.7 Å². The summed E-state index contributed by atoms with van der Waals surface area (Å²) in [5.41, 5.74) is 0.0555. The molecule has 0 spiro atoms. The summed E-state index contributed by atoms with van der Waals surface area (Å²) >= 11 is 0. The highest BCUT2D eigenvalue weighted by Crippen LogP contribution is 2.27. The molecule has 0 aromatic carbocycles. The first-order valence-electron chi connectivity index (χ1n) is 6.19. The number of hydrogen-bond acceptors (Lipinski definition) is 5. The number of ether oxygens (including phenoxy) is 1. The number of aromatic nitrogens is 4. The lowest BCUT2D eigenvalue weighted by molar-refractivity contribution is -0.146. The van der Waals surface area contributed by atoms with Crippen molar-refractivity contribution in [3.8, 4) is 0 Å². The molecule has 108 valence electrons. The Morgan fingerprint density at radius 2 is 2.20 bits per heavy atom. The van der Waals surface area contributed by atoms with Crippen LogP contribution in [0.4, 0.5) is 19.0 Å². The number of halogens is 3. The van der Waals surface area contributed by atoms with Crippen molar-refractivity contribution in [1.82, 2.24) is 19.8 Å². The van der Waals surface area contributed by atoms with Crippen LogP contribution < -0.4 is 5.32 Å². The first-order valence-corrected chi connectivity index (χ1v) is 6.19. The van der Waals surface area contributed by atoms with Crippen LogP contribution in [-0.2, 0) is 10.9 Å². The SMILES string of the molecule is FC(F)(F)c1nnc2ccc(NCC3CCCO3)nn12. The van der Waals surface area contributed by atoms with Crippen molar-refractivity contribution in [3.63, 3.8) is 0 Å². The molecule has 0 bridgehead atoms. The van der Waals surface area contributed by atoms with Gasteiger partial charge >= 0.3 is 6.18 Å². The molecule has 1 unspecified atom stereocenters. The van der Waals surface area contributed by atoms with Crippen LogP contribution in [-0.4, -0.2) is 39.1 Å². The third-order valence-corrected chi connectivity index (χ3v) is 3.05. The minimum atomic E-state index is -4.58. The molecule has 1 aliphatic heterocycles. The normalized spacial score (nSPS) is 19.6. The van der Waals surface area contributed by atoms with E-state index >= 15 is 0 Å². The summed E-state index contributed by atoms with van der Waals surface area (Å²) in [4.78, 5) is 0. The lowest BCUT2D eigenvalue weighted by Crippen LogP contribution is -2.20. The Morgan fingerprint density at radius 3 is 2.90 bits per heavy atom. The lowest BCUT2D eigenvalue weighted by Gasteiger charge is -2.11. The number of nitrogens with one attached hydrogen (secondary N) is 1. The summed E-state index contributed by atoms with van der Waals surface area (Å²) in [6.45, 7) is 1.24. The Kier molecular flexibility index (Phi) is 3.20. The van der Waals surface area contributed by atoms with Crippen molar-refractivity contribution in [2.45, 2.75) is 25.1 Å². The Bertz CT molecular complexity index is 606. The van der Waals surface area contributed by atoms with Gasteiger partial charge in [-0.25, -0.2) is 0 Å². The molecule has 1 saturated heterocycles. The van der Waals surface area contributed by atoms with Crippen LogP contribution in [0.15, 0.2) is 12.1 Å². The van der Waals surface area contributed by atoms with Crippen molar-refractivity contribution in [2.24, 2.45) is 0 Å². The maximum Gasteiger partial charge on any atom is 0.453 e. The Labute approximate surface area is 111 Å². The average molecular weight is 287 g/mol. The topological polar surface area (TPSA) is 64.3 Å². The van der Waals surface area contributed by atoms with E-state index in [2.05, 4.69) is 20.6 Å². The van der Waals surface area contributed by atoms with Gasteiger partial charge in [0.15, 0.2) is 5.65 Å². The second kappa shape index (κ2) is 4.89. The summed E-state index contributed by atoms with van der Waals surface area (Å²) in [7, 11) is 0. The predicted octanol–water partition coefficient (Wildman–Crippen LogP) is 1.73. The van der Waals surface area contributed by atoms with Crippen LogP contribution in [0.1, 0.15) is 18.7 Å². The quantitative estimate of drug-likeness (QED) is 0.931. The Hall–Kier alpha value is -1.90. The van der Waals surface area contributed by atoms with Gasteiger partial charge in [-0.1, -0.05) is 0 Å². The van der Waals surface area contributed by atoms with Gasteiger partial charge in [-0.05, 0) is 25.0 Å². The van der Waals surface area contributed by atoms with Gasteiger partial charge in [0.05, 0.1) is 6.10 Å². The monoisotopic (exact) mass is 287 g/mol. The number of nitrogens with zero attached hydrogens (tertiary/aromatic N) is 4. The molecule has 0 saturated carbocycles. The molecule has 1 aliphatic rings. The number of anilines is 1. The van der Waals surface area contributed by atoms with Crippen molar-refractivity contribution in [2.75, 3.05) is 18.5 Å². The smallest absolute Gasteiger partial charge is 0.376 e. The molecule has 1 fully saturated rings. The van der Waals surface area contributed by atoms with Gasteiger partial charge in [0.1, 0.15) is 5.82 Å². The highest BCUT2D eigenvalue weighted by molar-refractivity contribution is 5.44. The standard InChI is InChI=1S/C11H12F3N5O/c12-11(13,14)10-17-16-9-4-3-8(18-19(9)10)15-6-7-2-1-5-20-7/h3-4,7H,1-2,5-6H2,(H,15,18). The van der Waals surface area contributed by atoms with Gasteiger partial charge in [0.2, 0.25) is 0 Å². The molecule has 1 atom stereocenters. The van der Waals surface area contributed by atoms with Crippen LogP contribution >= 0.6 is 0 Å². The van der Waals surface area contributed by atoms with Gasteiger partial charge in [-0.15, -0.1) is 15.3 Å². The van der Waals surface area contributed by atoms with E-state index in [1.54, 1.807) is 6.07 Å². The maximum absolute atomic E-state index is 12.7.